The summed E-state index contributed by atoms with van der Waals surface area (Å²) in [4.78, 5) is 0. The topological polar surface area (TPSA) is 12.0 Å². The molecular formula is C18H22ClN. The lowest BCUT2D eigenvalue weighted by Gasteiger charge is -2.11. The predicted octanol–water partition coefficient (Wildman–Crippen LogP) is 5.24. The van der Waals surface area contributed by atoms with E-state index >= 15 is 0 Å². The number of halogens is 1. The fraction of sp³-hybridized carbons (Fsp3) is 0.333. The van der Waals surface area contributed by atoms with Crippen molar-refractivity contribution in [2.75, 3.05) is 7.05 Å². The van der Waals surface area contributed by atoms with Crippen molar-refractivity contribution < 1.29 is 0 Å². The maximum atomic E-state index is 6.40. The van der Waals surface area contributed by atoms with Crippen molar-refractivity contribution in [2.45, 2.75) is 32.7 Å². The van der Waals surface area contributed by atoms with Crippen LogP contribution in [0.2, 0.25) is 5.02 Å². The van der Waals surface area contributed by atoms with Crippen LogP contribution < -0.4 is 5.32 Å². The van der Waals surface area contributed by atoms with Crippen LogP contribution in [0.15, 0.2) is 42.5 Å². The average Bonchev–Trinajstić information content (AvgIpc) is 2.47. The van der Waals surface area contributed by atoms with Crippen molar-refractivity contribution in [1.82, 2.24) is 5.32 Å². The van der Waals surface area contributed by atoms with Gasteiger partial charge in [0.05, 0.1) is 0 Å². The molecule has 0 saturated heterocycles. The van der Waals surface area contributed by atoms with Crippen LogP contribution in [0.1, 0.15) is 37.3 Å². The Labute approximate surface area is 127 Å². The van der Waals surface area contributed by atoms with E-state index in [1.165, 1.54) is 23.1 Å². The molecule has 1 nitrogen and oxygen atoms in total. The number of nitrogens with one attached hydrogen (secondary N) is 1. The van der Waals surface area contributed by atoms with Crippen LogP contribution in [-0.2, 0) is 6.54 Å². The van der Waals surface area contributed by atoms with E-state index in [1.54, 1.807) is 0 Å². The SMILES string of the molecule is CCC(C)c1ccc(-c2ccc(CNC)cc2Cl)cc1. The van der Waals surface area contributed by atoms with Gasteiger partial charge in [0.1, 0.15) is 0 Å². The Bertz CT molecular complexity index is 560. The lowest BCUT2D eigenvalue weighted by molar-refractivity contribution is 0.734. The maximum Gasteiger partial charge on any atom is 0.0487 e. The third-order valence-corrected chi connectivity index (χ3v) is 4.13. The molecule has 0 amide bonds. The normalized spacial score (nSPS) is 12.4. The molecule has 0 aliphatic heterocycles. The van der Waals surface area contributed by atoms with Crippen molar-refractivity contribution >= 4 is 11.6 Å². The first kappa shape index (κ1) is 15.1. The average molecular weight is 288 g/mol. The van der Waals surface area contributed by atoms with Gasteiger partial charge in [0.25, 0.3) is 0 Å². The molecule has 0 fully saturated rings. The van der Waals surface area contributed by atoms with Crippen molar-refractivity contribution in [3.05, 3.63) is 58.6 Å². The highest BCUT2D eigenvalue weighted by Gasteiger charge is 2.07. The summed E-state index contributed by atoms with van der Waals surface area (Å²) >= 11 is 6.40. The van der Waals surface area contributed by atoms with Gasteiger partial charge in [-0.15, -0.1) is 0 Å². The molecule has 2 heteroatoms. The maximum absolute atomic E-state index is 6.40. The summed E-state index contributed by atoms with van der Waals surface area (Å²) < 4.78 is 0. The lowest BCUT2D eigenvalue weighted by Crippen LogP contribution is -2.04. The van der Waals surface area contributed by atoms with E-state index in [0.29, 0.717) is 5.92 Å². The Kier molecular flexibility index (Phi) is 5.22. The van der Waals surface area contributed by atoms with Crippen LogP contribution in [0.5, 0.6) is 0 Å². The van der Waals surface area contributed by atoms with Gasteiger partial charge in [-0.1, -0.05) is 61.8 Å². The number of hydrogen-bond donors (Lipinski definition) is 1. The first-order valence-corrected chi connectivity index (χ1v) is 7.56. The van der Waals surface area contributed by atoms with Gasteiger partial charge >= 0.3 is 0 Å². The van der Waals surface area contributed by atoms with Crippen LogP contribution in [0, 0.1) is 0 Å². The minimum atomic E-state index is 0.609. The smallest absolute Gasteiger partial charge is 0.0487 e. The molecule has 0 saturated carbocycles. The third-order valence-electron chi connectivity index (χ3n) is 3.82. The molecular weight excluding hydrogens is 266 g/mol. The van der Waals surface area contributed by atoms with Crippen LogP contribution in [0.3, 0.4) is 0 Å². The van der Waals surface area contributed by atoms with E-state index in [0.717, 1.165) is 17.1 Å². The van der Waals surface area contributed by atoms with E-state index in [4.69, 9.17) is 11.6 Å². The van der Waals surface area contributed by atoms with E-state index in [9.17, 15) is 0 Å². The molecule has 2 aromatic rings. The molecule has 0 radical (unpaired) electrons. The fourth-order valence-electron chi connectivity index (χ4n) is 2.33. The molecule has 0 spiro atoms. The van der Waals surface area contributed by atoms with Gasteiger partial charge in [-0.2, -0.15) is 0 Å². The highest BCUT2D eigenvalue weighted by atomic mass is 35.5. The Morgan fingerprint density at radius 1 is 1.10 bits per heavy atom. The van der Waals surface area contributed by atoms with Crippen LogP contribution in [-0.4, -0.2) is 7.05 Å². The van der Waals surface area contributed by atoms with E-state index < -0.39 is 0 Å². The molecule has 1 N–H and O–H groups in total. The molecule has 1 unspecified atom stereocenters. The second kappa shape index (κ2) is 6.92. The monoisotopic (exact) mass is 287 g/mol. The molecule has 0 bridgehead atoms. The van der Waals surface area contributed by atoms with E-state index in [-0.39, 0.29) is 0 Å². The zero-order chi connectivity index (χ0) is 14.5. The highest BCUT2D eigenvalue weighted by molar-refractivity contribution is 6.33. The third kappa shape index (κ3) is 3.41. The van der Waals surface area contributed by atoms with Gasteiger partial charge in [-0.05, 0) is 42.1 Å². The Balaban J connectivity index is 2.27. The summed E-state index contributed by atoms with van der Waals surface area (Å²) in [6.07, 6.45) is 1.17. The van der Waals surface area contributed by atoms with Crippen molar-refractivity contribution in [2.24, 2.45) is 0 Å². The molecule has 106 valence electrons. The zero-order valence-corrected chi connectivity index (χ0v) is 13.2. The fourth-order valence-corrected chi connectivity index (χ4v) is 2.65. The molecule has 2 aromatic carbocycles. The minimum Gasteiger partial charge on any atom is -0.316 e. The number of benzene rings is 2. The second-order valence-corrected chi connectivity index (χ2v) is 5.68. The Hall–Kier alpha value is -1.31. The van der Waals surface area contributed by atoms with Gasteiger partial charge in [0, 0.05) is 17.1 Å². The largest absolute Gasteiger partial charge is 0.316 e. The number of rotatable bonds is 5. The Morgan fingerprint density at radius 3 is 2.35 bits per heavy atom. The zero-order valence-electron chi connectivity index (χ0n) is 12.4. The molecule has 2 rings (SSSR count). The van der Waals surface area contributed by atoms with Crippen LogP contribution in [0.4, 0.5) is 0 Å². The molecule has 0 aliphatic rings. The second-order valence-electron chi connectivity index (χ2n) is 5.28. The molecule has 1 atom stereocenters. The molecule has 20 heavy (non-hydrogen) atoms. The van der Waals surface area contributed by atoms with Crippen LogP contribution in [0.25, 0.3) is 11.1 Å². The van der Waals surface area contributed by atoms with Gasteiger partial charge in [-0.25, -0.2) is 0 Å². The standard InChI is InChI=1S/C18H22ClN/c1-4-13(2)15-6-8-16(9-7-15)17-10-5-14(12-20-3)11-18(17)19/h5-11,13,20H,4,12H2,1-3H3. The first-order chi connectivity index (χ1) is 9.65. The molecule has 0 aromatic heterocycles. The van der Waals surface area contributed by atoms with E-state index in [1.807, 2.05) is 13.1 Å². The van der Waals surface area contributed by atoms with E-state index in [2.05, 4.69) is 55.6 Å². The predicted molar refractivity (Wildman–Crippen MR) is 88.4 cm³/mol. The minimum absolute atomic E-state index is 0.609. The van der Waals surface area contributed by atoms with Crippen LogP contribution >= 0.6 is 11.6 Å². The lowest BCUT2D eigenvalue weighted by atomic mass is 9.95. The summed E-state index contributed by atoms with van der Waals surface area (Å²) in [5.41, 5.74) is 4.87. The summed E-state index contributed by atoms with van der Waals surface area (Å²) in [5, 5.41) is 3.95. The van der Waals surface area contributed by atoms with Crippen molar-refractivity contribution in [3.8, 4) is 11.1 Å². The molecule has 0 heterocycles. The highest BCUT2D eigenvalue weighted by Crippen LogP contribution is 2.30. The van der Waals surface area contributed by atoms with Gasteiger partial charge in [0.15, 0.2) is 0 Å². The van der Waals surface area contributed by atoms with Gasteiger partial charge in [0.2, 0.25) is 0 Å². The first-order valence-electron chi connectivity index (χ1n) is 7.19. The summed E-state index contributed by atoms with van der Waals surface area (Å²) in [5.74, 6) is 0.609. The summed E-state index contributed by atoms with van der Waals surface area (Å²) in [6.45, 7) is 5.32. The van der Waals surface area contributed by atoms with Gasteiger partial charge < -0.3 is 5.32 Å². The van der Waals surface area contributed by atoms with Gasteiger partial charge in [-0.3, -0.25) is 0 Å². The summed E-state index contributed by atoms with van der Waals surface area (Å²) in [6, 6.07) is 15.0. The van der Waals surface area contributed by atoms with Crippen molar-refractivity contribution in [3.63, 3.8) is 0 Å². The quantitative estimate of drug-likeness (QED) is 0.793. The number of hydrogen-bond acceptors (Lipinski definition) is 1. The van der Waals surface area contributed by atoms with Crippen molar-refractivity contribution in [1.29, 1.82) is 0 Å². The summed E-state index contributed by atoms with van der Waals surface area (Å²) in [7, 11) is 1.94. The molecule has 0 aliphatic carbocycles. The Morgan fingerprint density at radius 2 is 1.80 bits per heavy atom.